The SMILES string of the molecule is Brc1nc(-c2ccccc2)c2sc3ccccc3c2n1. The van der Waals surface area contributed by atoms with E-state index < -0.39 is 0 Å². The van der Waals surface area contributed by atoms with Crippen molar-refractivity contribution in [2.24, 2.45) is 0 Å². The molecule has 4 rings (SSSR count). The minimum absolute atomic E-state index is 0.632. The summed E-state index contributed by atoms with van der Waals surface area (Å²) in [6, 6.07) is 18.6. The summed E-state index contributed by atoms with van der Waals surface area (Å²) in [5, 5.41) is 1.19. The molecule has 0 amide bonds. The third kappa shape index (κ3) is 1.84. The number of aromatic nitrogens is 2. The Bertz CT molecular complexity index is 916. The van der Waals surface area contributed by atoms with E-state index in [0.717, 1.165) is 21.5 Å². The van der Waals surface area contributed by atoms with E-state index in [1.807, 2.05) is 24.3 Å². The van der Waals surface area contributed by atoms with Gasteiger partial charge in [0.25, 0.3) is 0 Å². The van der Waals surface area contributed by atoms with Gasteiger partial charge in [-0.2, -0.15) is 0 Å². The zero-order valence-electron chi connectivity index (χ0n) is 10.4. The maximum Gasteiger partial charge on any atom is 0.197 e. The summed E-state index contributed by atoms with van der Waals surface area (Å²) in [6.45, 7) is 0. The van der Waals surface area contributed by atoms with Gasteiger partial charge in [-0.05, 0) is 22.0 Å². The van der Waals surface area contributed by atoms with Gasteiger partial charge in [0.05, 0.1) is 15.9 Å². The second kappa shape index (κ2) is 4.65. The van der Waals surface area contributed by atoms with Crippen molar-refractivity contribution in [2.45, 2.75) is 0 Å². The summed E-state index contributed by atoms with van der Waals surface area (Å²) in [7, 11) is 0. The first-order valence-electron chi connectivity index (χ1n) is 6.23. The van der Waals surface area contributed by atoms with Gasteiger partial charge in [-0.25, -0.2) is 9.97 Å². The molecular weight excluding hydrogens is 332 g/mol. The minimum atomic E-state index is 0.632. The van der Waals surface area contributed by atoms with Gasteiger partial charge in [-0.1, -0.05) is 48.5 Å². The summed E-state index contributed by atoms with van der Waals surface area (Å²) in [4.78, 5) is 9.15. The zero-order chi connectivity index (χ0) is 13.5. The van der Waals surface area contributed by atoms with Gasteiger partial charge in [-0.3, -0.25) is 0 Å². The highest BCUT2D eigenvalue weighted by atomic mass is 79.9. The molecular formula is C16H9BrN2S. The van der Waals surface area contributed by atoms with Crippen molar-refractivity contribution in [3.05, 3.63) is 59.3 Å². The van der Waals surface area contributed by atoms with Crippen LogP contribution in [0.25, 0.3) is 31.6 Å². The van der Waals surface area contributed by atoms with Crippen LogP contribution in [0.15, 0.2) is 59.3 Å². The van der Waals surface area contributed by atoms with E-state index in [9.17, 15) is 0 Å². The zero-order valence-corrected chi connectivity index (χ0v) is 12.8. The molecule has 0 radical (unpaired) electrons. The number of nitrogens with zero attached hydrogens (tertiary/aromatic N) is 2. The number of halogens is 1. The van der Waals surface area contributed by atoms with Crippen LogP contribution in [0.5, 0.6) is 0 Å². The highest BCUT2D eigenvalue weighted by Crippen LogP contribution is 2.38. The Balaban J connectivity index is 2.16. The molecule has 0 fully saturated rings. The Morgan fingerprint density at radius 1 is 0.850 bits per heavy atom. The lowest BCUT2D eigenvalue weighted by molar-refractivity contribution is 1.17. The van der Waals surface area contributed by atoms with Crippen LogP contribution in [-0.4, -0.2) is 9.97 Å². The van der Waals surface area contributed by atoms with Crippen molar-refractivity contribution >= 4 is 47.6 Å². The molecule has 0 unspecified atom stereocenters. The first-order chi connectivity index (χ1) is 9.83. The fraction of sp³-hybridized carbons (Fsp3) is 0. The largest absolute Gasteiger partial charge is 0.221 e. The van der Waals surface area contributed by atoms with Gasteiger partial charge < -0.3 is 0 Å². The van der Waals surface area contributed by atoms with Crippen LogP contribution in [-0.2, 0) is 0 Å². The predicted octanol–water partition coefficient (Wildman–Crippen LogP) is 5.27. The molecule has 2 nitrogen and oxygen atoms in total. The minimum Gasteiger partial charge on any atom is -0.221 e. The van der Waals surface area contributed by atoms with Crippen LogP contribution in [0.3, 0.4) is 0 Å². The third-order valence-corrected chi connectivity index (χ3v) is 4.76. The molecule has 4 heteroatoms. The molecule has 0 spiro atoms. The third-order valence-electron chi connectivity index (χ3n) is 3.24. The topological polar surface area (TPSA) is 25.8 Å². The molecule has 0 N–H and O–H groups in total. The normalized spacial score (nSPS) is 11.2. The maximum atomic E-state index is 4.58. The molecule has 0 aliphatic heterocycles. The number of hydrogen-bond acceptors (Lipinski definition) is 3. The van der Waals surface area contributed by atoms with Crippen molar-refractivity contribution in [3.63, 3.8) is 0 Å². The predicted molar refractivity (Wildman–Crippen MR) is 88.1 cm³/mol. The molecule has 0 aliphatic carbocycles. The van der Waals surface area contributed by atoms with E-state index in [2.05, 4.69) is 56.2 Å². The van der Waals surface area contributed by atoms with E-state index in [1.165, 1.54) is 10.1 Å². The number of benzene rings is 2. The molecule has 2 aromatic carbocycles. The van der Waals surface area contributed by atoms with E-state index in [1.54, 1.807) is 11.3 Å². The van der Waals surface area contributed by atoms with E-state index >= 15 is 0 Å². The van der Waals surface area contributed by atoms with E-state index in [-0.39, 0.29) is 0 Å². The Morgan fingerprint density at radius 2 is 1.60 bits per heavy atom. The summed E-state index contributed by atoms with van der Waals surface area (Å²) >= 11 is 5.18. The molecule has 4 aromatic rings. The van der Waals surface area contributed by atoms with Crippen LogP contribution in [0.4, 0.5) is 0 Å². The first-order valence-corrected chi connectivity index (χ1v) is 7.84. The lowest BCUT2D eigenvalue weighted by Gasteiger charge is -2.02. The smallest absolute Gasteiger partial charge is 0.197 e. The van der Waals surface area contributed by atoms with Crippen LogP contribution in [0, 0.1) is 0 Å². The molecule has 96 valence electrons. The average Bonchev–Trinajstić information content (AvgIpc) is 2.86. The van der Waals surface area contributed by atoms with Crippen molar-refractivity contribution < 1.29 is 0 Å². The summed E-state index contributed by atoms with van der Waals surface area (Å²) < 4.78 is 3.01. The van der Waals surface area contributed by atoms with Gasteiger partial charge in [0.1, 0.15) is 0 Å². The van der Waals surface area contributed by atoms with Crippen LogP contribution >= 0.6 is 27.3 Å². The van der Waals surface area contributed by atoms with Crippen LogP contribution in [0.2, 0.25) is 0 Å². The van der Waals surface area contributed by atoms with Crippen molar-refractivity contribution in [1.82, 2.24) is 9.97 Å². The van der Waals surface area contributed by atoms with Gasteiger partial charge in [0, 0.05) is 15.6 Å². The average molecular weight is 341 g/mol. The lowest BCUT2D eigenvalue weighted by atomic mass is 10.1. The molecule has 2 heterocycles. The standard InChI is InChI=1S/C16H9BrN2S/c17-16-18-13(10-6-2-1-3-7-10)15-14(19-16)11-8-4-5-9-12(11)20-15/h1-9H. The van der Waals surface area contributed by atoms with Crippen LogP contribution < -0.4 is 0 Å². The highest BCUT2D eigenvalue weighted by Gasteiger charge is 2.13. The van der Waals surface area contributed by atoms with Crippen molar-refractivity contribution in [2.75, 3.05) is 0 Å². The number of rotatable bonds is 1. The quantitative estimate of drug-likeness (QED) is 0.441. The first kappa shape index (κ1) is 12.0. The lowest BCUT2D eigenvalue weighted by Crippen LogP contribution is -1.88. The summed E-state index contributed by atoms with van der Waals surface area (Å²) in [5.74, 6) is 0. The Hall–Kier alpha value is -1.78. The summed E-state index contributed by atoms with van der Waals surface area (Å²) in [6.07, 6.45) is 0. The fourth-order valence-corrected chi connectivity index (χ4v) is 3.86. The Labute approximate surface area is 128 Å². The van der Waals surface area contributed by atoms with Gasteiger partial charge in [-0.15, -0.1) is 11.3 Å². The Morgan fingerprint density at radius 3 is 2.45 bits per heavy atom. The number of thiophene rings is 1. The second-order valence-corrected chi connectivity index (χ2v) is 6.24. The fourth-order valence-electron chi connectivity index (χ4n) is 2.36. The number of hydrogen-bond donors (Lipinski definition) is 0. The van der Waals surface area contributed by atoms with Gasteiger partial charge in [0.2, 0.25) is 0 Å². The molecule has 0 aliphatic rings. The summed E-state index contributed by atoms with van der Waals surface area (Å²) in [5.41, 5.74) is 3.13. The molecule has 0 saturated heterocycles. The maximum absolute atomic E-state index is 4.58. The van der Waals surface area contributed by atoms with E-state index in [4.69, 9.17) is 0 Å². The molecule has 0 atom stereocenters. The van der Waals surface area contributed by atoms with Gasteiger partial charge >= 0.3 is 0 Å². The Kier molecular flexibility index (Phi) is 2.79. The molecule has 0 bridgehead atoms. The van der Waals surface area contributed by atoms with Crippen LogP contribution in [0.1, 0.15) is 0 Å². The molecule has 20 heavy (non-hydrogen) atoms. The van der Waals surface area contributed by atoms with Crippen molar-refractivity contribution in [3.8, 4) is 11.3 Å². The molecule has 2 aromatic heterocycles. The monoisotopic (exact) mass is 340 g/mol. The van der Waals surface area contributed by atoms with Crippen molar-refractivity contribution in [1.29, 1.82) is 0 Å². The van der Waals surface area contributed by atoms with Gasteiger partial charge in [0.15, 0.2) is 4.73 Å². The second-order valence-electron chi connectivity index (χ2n) is 4.48. The number of fused-ring (bicyclic) bond motifs is 3. The van der Waals surface area contributed by atoms with E-state index in [0.29, 0.717) is 4.73 Å². The highest BCUT2D eigenvalue weighted by molar-refractivity contribution is 9.10. The molecule has 0 saturated carbocycles.